The molecule has 0 saturated heterocycles. The summed E-state index contributed by atoms with van der Waals surface area (Å²) in [5, 5.41) is 8.35. The number of aromatic nitrogens is 2. The van der Waals surface area contributed by atoms with Crippen LogP contribution in [-0.2, 0) is 16.1 Å². The number of methoxy groups -OCH3 is 1. The maximum absolute atomic E-state index is 13.4. The Morgan fingerprint density at radius 3 is 2.28 bits per heavy atom. The first-order chi connectivity index (χ1) is 17.0. The number of alkyl halides is 3. The number of pyridine rings is 2. The Kier molecular flexibility index (Phi) is 8.25. The number of halogens is 4. The van der Waals surface area contributed by atoms with Gasteiger partial charge in [0.05, 0.1) is 13.7 Å². The summed E-state index contributed by atoms with van der Waals surface area (Å²) in [4.78, 5) is 39.3. The molecule has 0 aliphatic carbocycles. The molecule has 11 heteroatoms. The zero-order valence-corrected chi connectivity index (χ0v) is 20.2. The van der Waals surface area contributed by atoms with E-state index in [9.17, 15) is 22.8 Å². The third-order valence-corrected chi connectivity index (χ3v) is 5.47. The van der Waals surface area contributed by atoms with Crippen LogP contribution in [0.15, 0.2) is 82.3 Å². The number of nitrogens with zero attached hydrogens (tertiary/aromatic N) is 2. The Labute approximate surface area is 210 Å². The highest BCUT2D eigenvalue weighted by molar-refractivity contribution is 9.10. The van der Waals surface area contributed by atoms with Crippen molar-refractivity contribution < 1.29 is 32.6 Å². The molecule has 4 aromatic rings. The van der Waals surface area contributed by atoms with Gasteiger partial charge in [-0.2, -0.15) is 13.2 Å². The van der Waals surface area contributed by atoms with E-state index < -0.39 is 18.1 Å². The fourth-order valence-electron chi connectivity index (χ4n) is 3.45. The molecular formula is C25H18BrF3N2O5. The van der Waals surface area contributed by atoms with Gasteiger partial charge in [0.1, 0.15) is 5.69 Å². The molecule has 186 valence electrons. The molecule has 0 aliphatic heterocycles. The number of hydrogen-bond donors (Lipinski definition) is 1. The van der Waals surface area contributed by atoms with Crippen LogP contribution in [0.5, 0.6) is 0 Å². The maximum atomic E-state index is 13.4. The third-order valence-electron chi connectivity index (χ3n) is 4.98. The van der Waals surface area contributed by atoms with Gasteiger partial charge in [-0.15, -0.1) is 0 Å². The molecule has 0 unspecified atom stereocenters. The zero-order valence-electron chi connectivity index (χ0n) is 18.6. The standard InChI is InChI=1S/C23H17BrN2O3.C2HF3O2/c1-29-23(28)21-20(16-7-3-2-4-8-16)19-12-17(24)9-10-18(19)22(27)26(21)14-15-6-5-11-25-13-15;3-2(4,5)1(6)7/h2-13H,14H2,1H3;(H,6,7). The van der Waals surface area contributed by atoms with E-state index in [1.807, 2.05) is 48.5 Å². The Bertz CT molecular complexity index is 1460. The number of aliphatic carboxylic acids is 1. The van der Waals surface area contributed by atoms with Crippen LogP contribution in [0, 0.1) is 0 Å². The predicted molar refractivity (Wildman–Crippen MR) is 130 cm³/mol. The molecule has 0 atom stereocenters. The van der Waals surface area contributed by atoms with Crippen LogP contribution in [0.1, 0.15) is 16.1 Å². The highest BCUT2D eigenvalue weighted by Crippen LogP contribution is 2.33. The van der Waals surface area contributed by atoms with Gasteiger partial charge < -0.3 is 9.84 Å². The smallest absolute Gasteiger partial charge is 0.475 e. The molecule has 0 bridgehead atoms. The van der Waals surface area contributed by atoms with Gasteiger partial charge in [0.25, 0.3) is 5.56 Å². The molecule has 2 aromatic carbocycles. The van der Waals surface area contributed by atoms with E-state index in [0.29, 0.717) is 16.3 Å². The van der Waals surface area contributed by atoms with Gasteiger partial charge in [-0.1, -0.05) is 52.3 Å². The second-order valence-electron chi connectivity index (χ2n) is 7.33. The van der Waals surface area contributed by atoms with Crippen molar-refractivity contribution in [2.45, 2.75) is 12.7 Å². The Balaban J connectivity index is 0.000000454. The van der Waals surface area contributed by atoms with Crippen molar-refractivity contribution in [3.8, 4) is 11.1 Å². The van der Waals surface area contributed by atoms with Crippen molar-refractivity contribution in [2.24, 2.45) is 0 Å². The second kappa shape index (κ2) is 11.2. The molecule has 1 N–H and O–H groups in total. The van der Waals surface area contributed by atoms with E-state index in [-0.39, 0.29) is 17.8 Å². The van der Waals surface area contributed by atoms with E-state index in [1.54, 1.807) is 24.5 Å². The van der Waals surface area contributed by atoms with Gasteiger partial charge in [-0.3, -0.25) is 14.3 Å². The topological polar surface area (TPSA) is 98.5 Å². The van der Waals surface area contributed by atoms with E-state index in [4.69, 9.17) is 14.6 Å². The first-order valence-corrected chi connectivity index (χ1v) is 11.0. The lowest BCUT2D eigenvalue weighted by atomic mass is 9.96. The lowest BCUT2D eigenvalue weighted by molar-refractivity contribution is -0.192. The Morgan fingerprint density at radius 2 is 1.72 bits per heavy atom. The molecule has 2 aromatic heterocycles. The fraction of sp³-hybridized carbons (Fsp3) is 0.120. The minimum Gasteiger partial charge on any atom is -0.475 e. The molecule has 0 spiro atoms. The van der Waals surface area contributed by atoms with Crippen LogP contribution >= 0.6 is 15.9 Å². The number of benzene rings is 2. The first-order valence-electron chi connectivity index (χ1n) is 10.2. The summed E-state index contributed by atoms with van der Waals surface area (Å²) < 4.78 is 39.1. The maximum Gasteiger partial charge on any atom is 0.490 e. The average Bonchev–Trinajstić information content (AvgIpc) is 2.86. The monoisotopic (exact) mass is 562 g/mol. The minimum atomic E-state index is -5.08. The van der Waals surface area contributed by atoms with Gasteiger partial charge in [0, 0.05) is 27.8 Å². The van der Waals surface area contributed by atoms with Crippen LogP contribution in [0.4, 0.5) is 13.2 Å². The lowest BCUT2D eigenvalue weighted by Crippen LogP contribution is -2.28. The molecule has 36 heavy (non-hydrogen) atoms. The minimum absolute atomic E-state index is 0.211. The number of carbonyl (C=O) groups excluding carboxylic acids is 1. The highest BCUT2D eigenvalue weighted by Gasteiger charge is 2.38. The summed E-state index contributed by atoms with van der Waals surface area (Å²) in [6.07, 6.45) is -1.73. The molecule has 0 amide bonds. The summed E-state index contributed by atoms with van der Waals surface area (Å²) >= 11 is 3.48. The van der Waals surface area contributed by atoms with Crippen molar-refractivity contribution in [3.05, 3.63) is 99.1 Å². The largest absolute Gasteiger partial charge is 0.490 e. The highest BCUT2D eigenvalue weighted by atomic mass is 79.9. The van der Waals surface area contributed by atoms with Crippen LogP contribution < -0.4 is 5.56 Å². The number of ether oxygens (including phenoxy) is 1. The third kappa shape index (κ3) is 5.98. The SMILES string of the molecule is COC(=O)c1c(-c2ccccc2)c2cc(Br)ccc2c(=O)n1Cc1cccnc1.O=C(O)C(F)(F)F. The van der Waals surface area contributed by atoms with Crippen molar-refractivity contribution in [2.75, 3.05) is 7.11 Å². The number of fused-ring (bicyclic) bond motifs is 1. The van der Waals surface area contributed by atoms with Gasteiger partial charge in [-0.05, 0) is 40.8 Å². The molecule has 4 rings (SSSR count). The van der Waals surface area contributed by atoms with Crippen molar-refractivity contribution >= 4 is 38.6 Å². The lowest BCUT2D eigenvalue weighted by Gasteiger charge is -2.19. The number of carbonyl (C=O) groups is 2. The molecule has 0 saturated carbocycles. The van der Waals surface area contributed by atoms with E-state index in [0.717, 1.165) is 15.6 Å². The van der Waals surface area contributed by atoms with Crippen molar-refractivity contribution in [3.63, 3.8) is 0 Å². The van der Waals surface area contributed by atoms with Crippen molar-refractivity contribution in [1.29, 1.82) is 0 Å². The number of carboxylic acids is 1. The number of hydrogen-bond acceptors (Lipinski definition) is 5. The van der Waals surface area contributed by atoms with Crippen LogP contribution in [0.2, 0.25) is 0 Å². The van der Waals surface area contributed by atoms with Gasteiger partial charge >= 0.3 is 18.1 Å². The number of carboxylic acid groups (broad SMARTS) is 1. The normalized spacial score (nSPS) is 10.9. The average molecular weight is 563 g/mol. The quantitative estimate of drug-likeness (QED) is 0.339. The van der Waals surface area contributed by atoms with E-state index in [1.165, 1.54) is 11.7 Å². The predicted octanol–water partition coefficient (Wildman–Crippen LogP) is 5.29. The molecule has 7 nitrogen and oxygen atoms in total. The molecule has 0 fully saturated rings. The summed E-state index contributed by atoms with van der Waals surface area (Å²) in [7, 11) is 1.32. The summed E-state index contributed by atoms with van der Waals surface area (Å²) in [6, 6.07) is 18.7. The first kappa shape index (κ1) is 26.6. The fourth-order valence-corrected chi connectivity index (χ4v) is 3.81. The number of esters is 1. The molecule has 2 heterocycles. The molecule has 0 aliphatic rings. The van der Waals surface area contributed by atoms with Crippen LogP contribution in [0.3, 0.4) is 0 Å². The zero-order chi connectivity index (χ0) is 26.5. The summed E-state index contributed by atoms with van der Waals surface area (Å²) in [6.45, 7) is 0.211. The van der Waals surface area contributed by atoms with Crippen LogP contribution in [-0.4, -0.2) is 39.9 Å². The second-order valence-corrected chi connectivity index (χ2v) is 8.24. The summed E-state index contributed by atoms with van der Waals surface area (Å²) in [5.41, 5.74) is 2.28. The Morgan fingerprint density at radius 1 is 1.06 bits per heavy atom. The number of rotatable bonds is 4. The van der Waals surface area contributed by atoms with E-state index in [2.05, 4.69) is 20.9 Å². The van der Waals surface area contributed by atoms with Gasteiger partial charge in [0.15, 0.2) is 0 Å². The molecular weight excluding hydrogens is 545 g/mol. The summed E-state index contributed by atoms with van der Waals surface area (Å²) in [5.74, 6) is -3.32. The van der Waals surface area contributed by atoms with E-state index >= 15 is 0 Å². The Hall–Kier alpha value is -3.99. The van der Waals surface area contributed by atoms with Crippen molar-refractivity contribution in [1.82, 2.24) is 9.55 Å². The van der Waals surface area contributed by atoms with Gasteiger partial charge in [0.2, 0.25) is 0 Å². The van der Waals surface area contributed by atoms with Gasteiger partial charge in [-0.25, -0.2) is 9.59 Å². The van der Waals surface area contributed by atoms with Crippen LogP contribution in [0.25, 0.3) is 21.9 Å². The molecule has 0 radical (unpaired) electrons.